The second-order valence-corrected chi connectivity index (χ2v) is 7.19. The lowest BCUT2D eigenvalue weighted by atomic mass is 10.1. The number of benzene rings is 2. The zero-order chi connectivity index (χ0) is 20.7. The summed E-state index contributed by atoms with van der Waals surface area (Å²) in [6.45, 7) is 2.14. The third-order valence-corrected chi connectivity index (χ3v) is 5.18. The molecule has 1 aromatic heterocycles. The largest absolute Gasteiger partial charge is 0.497 e. The zero-order valence-electron chi connectivity index (χ0n) is 16.2. The van der Waals surface area contributed by atoms with Crippen LogP contribution in [0.2, 0.25) is 5.02 Å². The Balaban J connectivity index is 1.84. The summed E-state index contributed by atoms with van der Waals surface area (Å²) >= 11 is 5.96. The average Bonchev–Trinajstić information content (AvgIpc) is 3.17. The maximum Gasteiger partial charge on any atom is 0.348 e. The van der Waals surface area contributed by atoms with Crippen LogP contribution in [0.4, 0.5) is 4.79 Å². The minimum absolute atomic E-state index is 0.170. The first-order valence-electron chi connectivity index (χ1n) is 8.95. The quantitative estimate of drug-likeness (QED) is 0.687. The van der Waals surface area contributed by atoms with Crippen molar-refractivity contribution in [2.24, 2.45) is 0 Å². The molecule has 0 bridgehead atoms. The van der Waals surface area contributed by atoms with Crippen molar-refractivity contribution in [1.82, 2.24) is 25.7 Å². The maximum absolute atomic E-state index is 13.3. The number of carbonyl (C=O) groups is 2. The van der Waals surface area contributed by atoms with Crippen LogP contribution in [0, 0.1) is 6.92 Å². The summed E-state index contributed by atoms with van der Waals surface area (Å²) in [4.78, 5) is 25.4. The Kier molecular flexibility index (Phi) is 4.91. The van der Waals surface area contributed by atoms with Crippen LogP contribution in [0.15, 0.2) is 42.5 Å². The molecule has 1 aliphatic heterocycles. The van der Waals surface area contributed by atoms with Crippen molar-refractivity contribution in [1.29, 1.82) is 0 Å². The molecule has 8 nitrogen and oxygen atoms in total. The number of rotatable bonds is 4. The van der Waals surface area contributed by atoms with E-state index in [1.807, 2.05) is 25.1 Å². The molecular formula is C20H20ClN5O3. The summed E-state index contributed by atoms with van der Waals surface area (Å²) < 4.78 is 7.03. The van der Waals surface area contributed by atoms with Gasteiger partial charge in [0.25, 0.3) is 5.91 Å². The molecule has 0 atom stereocenters. The van der Waals surface area contributed by atoms with Crippen molar-refractivity contribution in [3.63, 3.8) is 0 Å². The summed E-state index contributed by atoms with van der Waals surface area (Å²) in [7, 11) is 3.29. The first-order chi connectivity index (χ1) is 13.9. The van der Waals surface area contributed by atoms with Gasteiger partial charge in [0.05, 0.1) is 19.2 Å². The van der Waals surface area contributed by atoms with Crippen molar-refractivity contribution in [2.75, 3.05) is 14.2 Å². The highest BCUT2D eigenvalue weighted by Crippen LogP contribution is 2.31. The number of nitrogens with one attached hydrogen (secondary N) is 2. The third kappa shape index (κ3) is 3.42. The average molecular weight is 414 g/mol. The number of aromatic nitrogens is 1. The molecular weight excluding hydrogens is 394 g/mol. The Morgan fingerprint density at radius 3 is 2.52 bits per heavy atom. The maximum atomic E-state index is 13.3. The monoisotopic (exact) mass is 413 g/mol. The van der Waals surface area contributed by atoms with Gasteiger partial charge in [-0.25, -0.2) is 9.80 Å². The van der Waals surface area contributed by atoms with Crippen molar-refractivity contribution >= 4 is 34.4 Å². The van der Waals surface area contributed by atoms with Gasteiger partial charge in [-0.15, -0.1) is 10.7 Å². The first kappa shape index (κ1) is 19.3. The van der Waals surface area contributed by atoms with Gasteiger partial charge in [0, 0.05) is 34.3 Å². The molecule has 0 spiro atoms. The van der Waals surface area contributed by atoms with Gasteiger partial charge in [0.15, 0.2) is 0 Å². The fraction of sp³-hybridized carbons (Fsp3) is 0.200. The van der Waals surface area contributed by atoms with E-state index in [1.54, 1.807) is 43.0 Å². The molecule has 0 unspecified atom stereocenters. The lowest BCUT2D eigenvalue weighted by molar-refractivity contribution is 0.0962. The van der Waals surface area contributed by atoms with Crippen molar-refractivity contribution in [3.05, 3.63) is 64.3 Å². The Morgan fingerprint density at radius 2 is 1.90 bits per heavy atom. The number of halogens is 1. The molecule has 2 heterocycles. The van der Waals surface area contributed by atoms with E-state index in [0.717, 1.165) is 22.2 Å². The fourth-order valence-electron chi connectivity index (χ4n) is 3.49. The number of urea groups is 1. The van der Waals surface area contributed by atoms with Crippen LogP contribution in [0.5, 0.6) is 5.75 Å². The molecule has 3 aromatic rings. The number of carbonyl (C=O) groups excluding carboxylic acids is 2. The normalized spacial score (nSPS) is 14.5. The van der Waals surface area contributed by atoms with Gasteiger partial charge >= 0.3 is 6.03 Å². The summed E-state index contributed by atoms with van der Waals surface area (Å²) in [5.74, 6) is 0.502. The summed E-state index contributed by atoms with van der Waals surface area (Å²) in [5, 5.41) is 4.32. The minimum atomic E-state index is -0.278. The van der Waals surface area contributed by atoms with E-state index < -0.39 is 0 Å². The van der Waals surface area contributed by atoms with E-state index in [-0.39, 0.29) is 18.5 Å². The van der Waals surface area contributed by atoms with E-state index in [9.17, 15) is 9.59 Å². The summed E-state index contributed by atoms with van der Waals surface area (Å²) in [5.41, 5.74) is 8.41. The van der Waals surface area contributed by atoms with Crippen LogP contribution in [0.1, 0.15) is 21.6 Å². The first-order valence-corrected chi connectivity index (χ1v) is 9.33. The van der Waals surface area contributed by atoms with Crippen molar-refractivity contribution < 1.29 is 14.3 Å². The Hall–Kier alpha value is -3.07. The number of nitrogens with zero attached hydrogens (tertiary/aromatic N) is 3. The number of amides is 2. The van der Waals surface area contributed by atoms with Gasteiger partial charge in [0.1, 0.15) is 5.75 Å². The number of hydrogen-bond acceptors (Lipinski definition) is 5. The van der Waals surface area contributed by atoms with Crippen LogP contribution in [0.25, 0.3) is 10.9 Å². The van der Waals surface area contributed by atoms with Gasteiger partial charge in [-0.1, -0.05) is 11.6 Å². The van der Waals surface area contributed by atoms with Gasteiger partial charge in [-0.3, -0.25) is 14.8 Å². The van der Waals surface area contributed by atoms with Crippen molar-refractivity contribution in [3.8, 4) is 5.75 Å². The van der Waals surface area contributed by atoms with Gasteiger partial charge in [-0.2, -0.15) is 0 Å². The molecule has 2 aromatic carbocycles. The zero-order valence-corrected chi connectivity index (χ0v) is 16.9. The number of fused-ring (bicyclic) bond motifs is 1. The smallest absolute Gasteiger partial charge is 0.348 e. The molecule has 0 aliphatic carbocycles. The molecule has 2 amide bonds. The lowest BCUT2D eigenvalue weighted by Crippen LogP contribution is -2.38. The predicted octanol–water partition coefficient (Wildman–Crippen LogP) is 3.09. The van der Waals surface area contributed by atoms with Gasteiger partial charge in [-0.05, 0) is 49.4 Å². The van der Waals surface area contributed by atoms with E-state index in [2.05, 4.69) is 11.0 Å². The van der Waals surface area contributed by atoms with E-state index in [0.29, 0.717) is 16.3 Å². The molecule has 9 heteroatoms. The Labute approximate surface area is 172 Å². The SMILES string of the molecule is COc1ccc2c(c1)c(CN1NN(C)NC1=O)c(C)n2C(=O)c1ccc(Cl)cc1. The van der Waals surface area contributed by atoms with Crippen LogP contribution in [0.3, 0.4) is 0 Å². The fourth-order valence-corrected chi connectivity index (χ4v) is 3.62. The van der Waals surface area contributed by atoms with Crippen LogP contribution in [-0.2, 0) is 6.54 Å². The van der Waals surface area contributed by atoms with E-state index >= 15 is 0 Å². The number of hydrogen-bond donors (Lipinski definition) is 2. The number of methoxy groups -OCH3 is 1. The third-order valence-electron chi connectivity index (χ3n) is 4.93. The number of hydrazine groups is 3. The summed E-state index contributed by atoms with van der Waals surface area (Å²) in [6, 6.07) is 12.0. The highest BCUT2D eigenvalue weighted by Gasteiger charge is 2.28. The minimum Gasteiger partial charge on any atom is -0.497 e. The molecule has 1 fully saturated rings. The van der Waals surface area contributed by atoms with E-state index in [4.69, 9.17) is 16.3 Å². The number of ether oxygens (including phenoxy) is 1. The molecule has 2 N–H and O–H groups in total. The molecule has 0 radical (unpaired) electrons. The molecule has 1 aliphatic rings. The Morgan fingerprint density at radius 1 is 1.17 bits per heavy atom. The van der Waals surface area contributed by atoms with Gasteiger partial charge < -0.3 is 4.74 Å². The van der Waals surface area contributed by atoms with Crippen LogP contribution < -0.4 is 15.7 Å². The second-order valence-electron chi connectivity index (χ2n) is 6.76. The highest BCUT2D eigenvalue weighted by atomic mass is 35.5. The molecule has 1 saturated heterocycles. The molecule has 4 rings (SSSR count). The van der Waals surface area contributed by atoms with Gasteiger partial charge in [0.2, 0.25) is 0 Å². The van der Waals surface area contributed by atoms with Crippen LogP contribution in [-0.4, -0.2) is 40.8 Å². The molecule has 0 saturated carbocycles. The second kappa shape index (κ2) is 7.40. The molecule has 29 heavy (non-hydrogen) atoms. The standard InChI is InChI=1S/C20H20ClN5O3/c1-12-17(11-25-20(28)22-24(2)23-25)16-10-15(29-3)8-9-18(16)26(12)19(27)13-4-6-14(21)7-5-13/h4-10,23H,11H2,1-3H3,(H,22,28). The summed E-state index contributed by atoms with van der Waals surface area (Å²) in [6.07, 6.45) is 0. The van der Waals surface area contributed by atoms with Crippen LogP contribution >= 0.6 is 11.6 Å². The highest BCUT2D eigenvalue weighted by molar-refractivity contribution is 6.30. The topological polar surface area (TPSA) is 78.8 Å². The Bertz CT molecular complexity index is 1110. The van der Waals surface area contributed by atoms with E-state index in [1.165, 1.54) is 10.1 Å². The molecule has 150 valence electrons. The predicted molar refractivity (Wildman–Crippen MR) is 109 cm³/mol. The lowest BCUT2D eigenvalue weighted by Gasteiger charge is -2.15. The van der Waals surface area contributed by atoms with Crippen molar-refractivity contribution in [2.45, 2.75) is 13.5 Å².